The molecule has 1 N–H and O–H groups in total. The maximum absolute atomic E-state index is 9.00. The number of ether oxygens (including phenoxy) is 1. The molecule has 1 aromatic carbocycles. The van der Waals surface area contributed by atoms with Crippen LogP contribution >= 0.6 is 0 Å². The van der Waals surface area contributed by atoms with Crippen LogP contribution in [0.15, 0.2) is 24.3 Å². The first-order valence-electron chi connectivity index (χ1n) is 5.95. The molecule has 3 rings (SSSR count). The topological polar surface area (TPSA) is 32.7 Å². The number of benzene rings is 1. The van der Waals surface area contributed by atoms with Gasteiger partial charge in [-0.3, -0.25) is 0 Å². The van der Waals surface area contributed by atoms with Crippen LogP contribution < -0.4 is 4.90 Å². The molecule has 3 heteroatoms. The van der Waals surface area contributed by atoms with Crippen molar-refractivity contribution in [1.82, 2.24) is 0 Å². The van der Waals surface area contributed by atoms with Crippen LogP contribution in [0.1, 0.15) is 18.4 Å². The Bertz CT molecular complexity index is 351. The molecule has 86 valence electrons. The highest BCUT2D eigenvalue weighted by Gasteiger charge is 2.33. The fourth-order valence-corrected chi connectivity index (χ4v) is 2.64. The quantitative estimate of drug-likeness (QED) is 0.819. The number of nitrogens with zero attached hydrogens (tertiary/aromatic N) is 1. The summed E-state index contributed by atoms with van der Waals surface area (Å²) in [5.41, 5.74) is 2.22. The van der Waals surface area contributed by atoms with Crippen molar-refractivity contribution in [3.63, 3.8) is 0 Å². The summed E-state index contributed by atoms with van der Waals surface area (Å²) in [6.45, 7) is 2.14. The molecule has 2 fully saturated rings. The summed E-state index contributed by atoms with van der Waals surface area (Å²) in [5.74, 6) is 0. The molecule has 0 radical (unpaired) electrons. The second-order valence-electron chi connectivity index (χ2n) is 4.69. The van der Waals surface area contributed by atoms with Gasteiger partial charge in [0.05, 0.1) is 18.8 Å². The van der Waals surface area contributed by atoms with Gasteiger partial charge >= 0.3 is 0 Å². The highest BCUT2D eigenvalue weighted by molar-refractivity contribution is 5.48. The Balaban J connectivity index is 1.76. The summed E-state index contributed by atoms with van der Waals surface area (Å²) in [4.78, 5) is 2.40. The zero-order chi connectivity index (χ0) is 11.0. The van der Waals surface area contributed by atoms with Crippen LogP contribution in [0.25, 0.3) is 0 Å². The smallest absolute Gasteiger partial charge is 0.0755 e. The second kappa shape index (κ2) is 4.07. The summed E-state index contributed by atoms with van der Waals surface area (Å²) in [5, 5.41) is 9.00. The van der Waals surface area contributed by atoms with E-state index in [0.29, 0.717) is 12.2 Å². The van der Waals surface area contributed by atoms with Gasteiger partial charge in [-0.15, -0.1) is 0 Å². The molecule has 0 aromatic heterocycles. The molecular formula is C13H17NO2. The Morgan fingerprint density at radius 3 is 2.31 bits per heavy atom. The molecule has 2 unspecified atom stereocenters. The van der Waals surface area contributed by atoms with E-state index >= 15 is 0 Å². The van der Waals surface area contributed by atoms with Crippen LogP contribution in [-0.4, -0.2) is 30.4 Å². The lowest BCUT2D eigenvalue weighted by Gasteiger charge is -2.33. The SMILES string of the molecule is OCc1ccc(N2CC3CCC(C2)O3)cc1. The average molecular weight is 219 g/mol. The normalized spacial score (nSPS) is 28.4. The lowest BCUT2D eigenvalue weighted by molar-refractivity contribution is 0.0305. The summed E-state index contributed by atoms with van der Waals surface area (Å²) in [6, 6.07) is 8.17. The Labute approximate surface area is 95.6 Å². The lowest BCUT2D eigenvalue weighted by Crippen LogP contribution is -2.42. The van der Waals surface area contributed by atoms with Gasteiger partial charge in [0.25, 0.3) is 0 Å². The van der Waals surface area contributed by atoms with Crippen LogP contribution in [-0.2, 0) is 11.3 Å². The first-order valence-corrected chi connectivity index (χ1v) is 5.95. The van der Waals surface area contributed by atoms with Gasteiger partial charge in [-0.1, -0.05) is 12.1 Å². The third kappa shape index (κ3) is 1.81. The van der Waals surface area contributed by atoms with Gasteiger partial charge in [0.1, 0.15) is 0 Å². The van der Waals surface area contributed by atoms with Crippen molar-refractivity contribution in [2.24, 2.45) is 0 Å². The van der Waals surface area contributed by atoms with Crippen LogP contribution in [0.3, 0.4) is 0 Å². The van der Waals surface area contributed by atoms with Crippen molar-refractivity contribution < 1.29 is 9.84 Å². The Hall–Kier alpha value is -1.06. The molecule has 2 aliphatic rings. The predicted molar refractivity (Wildman–Crippen MR) is 62.5 cm³/mol. The molecule has 2 aliphatic heterocycles. The van der Waals surface area contributed by atoms with Crippen LogP contribution in [0.4, 0.5) is 5.69 Å². The van der Waals surface area contributed by atoms with E-state index in [-0.39, 0.29) is 6.61 Å². The van der Waals surface area contributed by atoms with E-state index in [1.807, 2.05) is 12.1 Å². The standard InChI is InChI=1S/C13H17NO2/c15-9-10-1-3-11(4-2-10)14-7-12-5-6-13(8-14)16-12/h1-4,12-13,15H,5-9H2. The Morgan fingerprint density at radius 2 is 1.75 bits per heavy atom. The molecule has 2 atom stereocenters. The number of aliphatic hydroxyl groups excluding tert-OH is 1. The van der Waals surface area contributed by atoms with Gasteiger partial charge in [-0.05, 0) is 30.5 Å². The van der Waals surface area contributed by atoms with E-state index in [2.05, 4.69) is 17.0 Å². The Morgan fingerprint density at radius 1 is 1.12 bits per heavy atom. The predicted octanol–water partition coefficient (Wildman–Crippen LogP) is 1.55. The summed E-state index contributed by atoms with van der Waals surface area (Å²) >= 11 is 0. The Kier molecular flexibility index (Phi) is 2.58. The monoisotopic (exact) mass is 219 g/mol. The second-order valence-corrected chi connectivity index (χ2v) is 4.69. The molecule has 16 heavy (non-hydrogen) atoms. The molecule has 0 spiro atoms. The van der Waals surface area contributed by atoms with E-state index < -0.39 is 0 Å². The number of fused-ring (bicyclic) bond motifs is 2. The highest BCUT2D eigenvalue weighted by atomic mass is 16.5. The van der Waals surface area contributed by atoms with Gasteiger partial charge in [0, 0.05) is 18.8 Å². The van der Waals surface area contributed by atoms with Crippen molar-refractivity contribution >= 4 is 5.69 Å². The minimum Gasteiger partial charge on any atom is -0.392 e. The fourth-order valence-electron chi connectivity index (χ4n) is 2.64. The van der Waals surface area contributed by atoms with Crippen LogP contribution in [0, 0.1) is 0 Å². The molecule has 2 saturated heterocycles. The summed E-state index contributed by atoms with van der Waals surface area (Å²) in [6.07, 6.45) is 3.26. The average Bonchev–Trinajstić information content (AvgIpc) is 2.68. The number of rotatable bonds is 2. The minimum atomic E-state index is 0.120. The van der Waals surface area contributed by atoms with Gasteiger partial charge < -0.3 is 14.7 Å². The fraction of sp³-hybridized carbons (Fsp3) is 0.538. The number of aliphatic hydroxyl groups is 1. The number of anilines is 1. The maximum Gasteiger partial charge on any atom is 0.0755 e. The highest BCUT2D eigenvalue weighted by Crippen LogP contribution is 2.29. The molecule has 2 heterocycles. The number of hydrogen-bond donors (Lipinski definition) is 1. The summed E-state index contributed by atoms with van der Waals surface area (Å²) in [7, 11) is 0. The third-order valence-corrected chi connectivity index (χ3v) is 3.53. The van der Waals surface area contributed by atoms with Gasteiger partial charge in [0.2, 0.25) is 0 Å². The molecular weight excluding hydrogens is 202 g/mol. The van der Waals surface area contributed by atoms with E-state index in [1.54, 1.807) is 0 Å². The molecule has 3 nitrogen and oxygen atoms in total. The maximum atomic E-state index is 9.00. The summed E-state index contributed by atoms with van der Waals surface area (Å²) < 4.78 is 5.81. The van der Waals surface area contributed by atoms with Crippen LogP contribution in [0.2, 0.25) is 0 Å². The van der Waals surface area contributed by atoms with E-state index in [1.165, 1.54) is 18.5 Å². The minimum absolute atomic E-state index is 0.120. The third-order valence-electron chi connectivity index (χ3n) is 3.53. The van der Waals surface area contributed by atoms with Crippen molar-refractivity contribution in [1.29, 1.82) is 0 Å². The van der Waals surface area contributed by atoms with Gasteiger partial charge in [-0.25, -0.2) is 0 Å². The molecule has 1 aromatic rings. The zero-order valence-corrected chi connectivity index (χ0v) is 9.30. The lowest BCUT2D eigenvalue weighted by atomic mass is 10.2. The van der Waals surface area contributed by atoms with E-state index in [4.69, 9.17) is 9.84 Å². The van der Waals surface area contributed by atoms with E-state index in [9.17, 15) is 0 Å². The van der Waals surface area contributed by atoms with Crippen molar-refractivity contribution in [2.75, 3.05) is 18.0 Å². The van der Waals surface area contributed by atoms with E-state index in [0.717, 1.165) is 18.7 Å². The molecule has 0 amide bonds. The molecule has 0 aliphatic carbocycles. The van der Waals surface area contributed by atoms with Gasteiger partial charge in [0.15, 0.2) is 0 Å². The van der Waals surface area contributed by atoms with Crippen LogP contribution in [0.5, 0.6) is 0 Å². The first kappa shape index (κ1) is 10.1. The largest absolute Gasteiger partial charge is 0.392 e. The number of morpholine rings is 1. The number of hydrogen-bond acceptors (Lipinski definition) is 3. The zero-order valence-electron chi connectivity index (χ0n) is 9.30. The van der Waals surface area contributed by atoms with Crippen molar-refractivity contribution in [3.05, 3.63) is 29.8 Å². The molecule has 2 bridgehead atoms. The van der Waals surface area contributed by atoms with Crippen molar-refractivity contribution in [2.45, 2.75) is 31.7 Å². The van der Waals surface area contributed by atoms with Gasteiger partial charge in [-0.2, -0.15) is 0 Å². The first-order chi connectivity index (χ1) is 7.85. The molecule has 0 saturated carbocycles. The van der Waals surface area contributed by atoms with Crippen molar-refractivity contribution in [3.8, 4) is 0 Å².